The van der Waals surface area contributed by atoms with Gasteiger partial charge < -0.3 is 15.0 Å². The molecule has 3 aliphatic rings. The lowest BCUT2D eigenvalue weighted by Crippen LogP contribution is -2.62. The normalized spacial score (nSPS) is 20.8. The fourth-order valence-electron chi connectivity index (χ4n) is 6.80. The Bertz CT molecular complexity index is 1420. The summed E-state index contributed by atoms with van der Waals surface area (Å²) in [5, 5.41) is 13.7. The van der Waals surface area contributed by atoms with Crippen molar-refractivity contribution in [1.29, 1.82) is 5.26 Å². The fraction of sp³-hybridized carbons (Fsp3) is 0.543. The molecule has 1 saturated heterocycles. The SMILES string of the molecule is CC(C)(C)OC(=O)N1Cc2ccccc2C[C@@H]1C(=O)N[C@H](Cc1ccc(Cl)cc1)C(=O)N1CCN(C2(C#N)CCCCC2)CC1. The van der Waals surface area contributed by atoms with Crippen LogP contribution in [-0.2, 0) is 33.7 Å². The number of amides is 3. The Labute approximate surface area is 271 Å². The van der Waals surface area contributed by atoms with Crippen molar-refractivity contribution in [1.82, 2.24) is 20.0 Å². The van der Waals surface area contributed by atoms with Gasteiger partial charge in [-0.15, -0.1) is 0 Å². The molecule has 2 aromatic carbocycles. The number of hydrogen-bond acceptors (Lipinski definition) is 6. The first kappa shape index (κ1) is 32.8. The molecule has 0 unspecified atom stereocenters. The van der Waals surface area contributed by atoms with Crippen molar-refractivity contribution in [3.63, 3.8) is 0 Å². The number of halogens is 1. The summed E-state index contributed by atoms with van der Waals surface area (Å²) < 4.78 is 5.70. The average Bonchev–Trinajstić information content (AvgIpc) is 3.04. The Hall–Kier alpha value is -3.61. The Morgan fingerprint density at radius 3 is 2.27 bits per heavy atom. The second-order valence-electron chi connectivity index (χ2n) is 13.5. The molecule has 0 radical (unpaired) electrons. The van der Waals surface area contributed by atoms with E-state index in [4.69, 9.17) is 16.3 Å². The third-order valence-corrected chi connectivity index (χ3v) is 9.48. The van der Waals surface area contributed by atoms with Crippen LogP contribution >= 0.6 is 11.6 Å². The van der Waals surface area contributed by atoms with Crippen molar-refractivity contribution in [2.45, 2.75) is 95.5 Å². The molecule has 0 bridgehead atoms. The summed E-state index contributed by atoms with van der Waals surface area (Å²) in [5.41, 5.74) is 1.63. The molecule has 9 nitrogen and oxygen atoms in total. The molecule has 5 rings (SSSR count). The Morgan fingerprint density at radius 1 is 1.00 bits per heavy atom. The summed E-state index contributed by atoms with van der Waals surface area (Å²) in [7, 11) is 0. The molecule has 2 fully saturated rings. The van der Waals surface area contributed by atoms with Gasteiger partial charge in [-0.25, -0.2) is 4.79 Å². The van der Waals surface area contributed by atoms with E-state index in [9.17, 15) is 19.6 Å². The second-order valence-corrected chi connectivity index (χ2v) is 13.9. The van der Waals surface area contributed by atoms with Crippen molar-refractivity contribution in [3.8, 4) is 6.07 Å². The van der Waals surface area contributed by atoms with Gasteiger partial charge in [0.15, 0.2) is 0 Å². The van der Waals surface area contributed by atoms with E-state index in [0.717, 1.165) is 48.8 Å². The van der Waals surface area contributed by atoms with Gasteiger partial charge >= 0.3 is 6.09 Å². The third kappa shape index (κ3) is 7.79. The zero-order valence-electron chi connectivity index (χ0n) is 26.6. The number of hydrogen-bond donors (Lipinski definition) is 1. The first-order chi connectivity index (χ1) is 21.5. The van der Waals surface area contributed by atoms with Crippen LogP contribution in [0.3, 0.4) is 0 Å². The number of carbonyl (C=O) groups is 3. The number of nitrogens with zero attached hydrogens (tertiary/aromatic N) is 4. The van der Waals surface area contributed by atoms with Crippen molar-refractivity contribution in [2.24, 2.45) is 0 Å². The Balaban J connectivity index is 1.35. The van der Waals surface area contributed by atoms with E-state index in [1.165, 1.54) is 4.90 Å². The van der Waals surface area contributed by atoms with Gasteiger partial charge in [0.05, 0.1) is 12.6 Å². The topological polar surface area (TPSA) is 106 Å². The van der Waals surface area contributed by atoms with Gasteiger partial charge in [0, 0.05) is 44.0 Å². The number of piperazine rings is 1. The summed E-state index contributed by atoms with van der Waals surface area (Å²) in [6, 6.07) is 15.9. The number of nitriles is 1. The maximum absolute atomic E-state index is 14.1. The lowest BCUT2D eigenvalue weighted by atomic mass is 9.81. The lowest BCUT2D eigenvalue weighted by Gasteiger charge is -2.46. The molecule has 2 aromatic rings. The van der Waals surface area contributed by atoms with Gasteiger partial charge in [-0.05, 0) is 62.4 Å². The quantitative estimate of drug-likeness (QED) is 0.475. The van der Waals surface area contributed by atoms with Gasteiger partial charge in [0.2, 0.25) is 11.8 Å². The minimum absolute atomic E-state index is 0.173. The van der Waals surface area contributed by atoms with Crippen LogP contribution in [0.5, 0.6) is 0 Å². The predicted octanol–water partition coefficient (Wildman–Crippen LogP) is 5.10. The van der Waals surface area contributed by atoms with Crippen LogP contribution in [0.2, 0.25) is 5.02 Å². The highest BCUT2D eigenvalue weighted by atomic mass is 35.5. The number of fused-ring (bicyclic) bond motifs is 1. The number of ether oxygens (including phenoxy) is 1. The molecule has 2 atom stereocenters. The molecular formula is C35H44ClN5O4. The summed E-state index contributed by atoms with van der Waals surface area (Å²) in [6.45, 7) is 7.83. The number of benzene rings is 2. The van der Waals surface area contributed by atoms with Crippen LogP contribution in [0.25, 0.3) is 0 Å². The van der Waals surface area contributed by atoms with Crippen LogP contribution < -0.4 is 5.32 Å². The van der Waals surface area contributed by atoms with E-state index in [2.05, 4.69) is 16.3 Å². The van der Waals surface area contributed by atoms with Gasteiger partial charge in [-0.3, -0.25) is 19.4 Å². The largest absolute Gasteiger partial charge is 0.444 e. The highest BCUT2D eigenvalue weighted by Gasteiger charge is 2.42. The van der Waals surface area contributed by atoms with Gasteiger partial charge in [0.1, 0.15) is 23.2 Å². The van der Waals surface area contributed by atoms with E-state index in [1.54, 1.807) is 37.8 Å². The number of carbonyl (C=O) groups excluding carboxylic acids is 3. The third-order valence-electron chi connectivity index (χ3n) is 9.23. The van der Waals surface area contributed by atoms with E-state index < -0.39 is 35.2 Å². The van der Waals surface area contributed by atoms with Gasteiger partial charge in [0.25, 0.3) is 0 Å². The lowest BCUT2D eigenvalue weighted by molar-refractivity contribution is -0.140. The molecular weight excluding hydrogens is 590 g/mol. The summed E-state index contributed by atoms with van der Waals surface area (Å²) in [6.07, 6.45) is 5.02. The average molecular weight is 634 g/mol. The van der Waals surface area contributed by atoms with Crippen LogP contribution in [0, 0.1) is 11.3 Å². The Morgan fingerprint density at radius 2 is 1.64 bits per heavy atom. The zero-order valence-corrected chi connectivity index (χ0v) is 27.3. The molecule has 240 valence electrons. The van der Waals surface area contributed by atoms with Crippen LogP contribution in [0.15, 0.2) is 48.5 Å². The smallest absolute Gasteiger partial charge is 0.411 e. The molecule has 1 saturated carbocycles. The summed E-state index contributed by atoms with van der Waals surface area (Å²) in [4.78, 5) is 47.1. The van der Waals surface area contributed by atoms with Crippen LogP contribution in [0.1, 0.15) is 69.6 Å². The van der Waals surface area contributed by atoms with Crippen molar-refractivity contribution in [3.05, 3.63) is 70.2 Å². The number of nitrogens with one attached hydrogen (secondary N) is 1. The van der Waals surface area contributed by atoms with E-state index in [1.807, 2.05) is 36.4 Å². The summed E-state index contributed by atoms with van der Waals surface area (Å²) in [5.74, 6) is -0.570. The molecule has 2 aliphatic heterocycles. The van der Waals surface area contributed by atoms with Crippen LogP contribution in [-0.4, -0.2) is 82.0 Å². The predicted molar refractivity (Wildman–Crippen MR) is 172 cm³/mol. The maximum Gasteiger partial charge on any atom is 0.411 e. The minimum atomic E-state index is -0.845. The maximum atomic E-state index is 14.1. The van der Waals surface area contributed by atoms with Crippen molar-refractivity contribution < 1.29 is 19.1 Å². The molecule has 3 amide bonds. The molecule has 10 heteroatoms. The molecule has 0 spiro atoms. The van der Waals surface area contributed by atoms with E-state index in [-0.39, 0.29) is 18.9 Å². The Kier molecular flexibility index (Phi) is 10.0. The fourth-order valence-corrected chi connectivity index (χ4v) is 6.93. The molecule has 1 N–H and O–H groups in total. The first-order valence-corrected chi connectivity index (χ1v) is 16.4. The molecule has 1 aliphatic carbocycles. The minimum Gasteiger partial charge on any atom is -0.444 e. The number of rotatable bonds is 6. The van der Waals surface area contributed by atoms with E-state index >= 15 is 0 Å². The molecule has 45 heavy (non-hydrogen) atoms. The molecule has 2 heterocycles. The molecule has 0 aromatic heterocycles. The first-order valence-electron chi connectivity index (χ1n) is 16.0. The van der Waals surface area contributed by atoms with Gasteiger partial charge in [-0.1, -0.05) is 67.3 Å². The summed E-state index contributed by atoms with van der Waals surface area (Å²) >= 11 is 6.13. The second kappa shape index (κ2) is 13.8. The van der Waals surface area contributed by atoms with Crippen LogP contribution in [0.4, 0.5) is 4.79 Å². The highest BCUT2D eigenvalue weighted by Crippen LogP contribution is 2.34. The standard InChI is InChI=1S/C35H44ClN5O4/c1-34(2,3)45-33(44)41-23-27-10-6-5-9-26(27)22-30(41)31(42)38-29(21-25-11-13-28(36)14-12-25)32(43)39-17-19-40(20-18-39)35(24-37)15-7-4-8-16-35/h5-6,9-14,29-30H,4,7-8,15-23H2,1-3H3,(H,38,42)/t29-,30-/m1/s1. The van der Waals surface area contributed by atoms with Gasteiger partial charge in [-0.2, -0.15) is 5.26 Å². The van der Waals surface area contributed by atoms with Crippen molar-refractivity contribution in [2.75, 3.05) is 26.2 Å². The van der Waals surface area contributed by atoms with Crippen molar-refractivity contribution >= 4 is 29.5 Å². The zero-order chi connectivity index (χ0) is 32.2. The monoisotopic (exact) mass is 633 g/mol. The van der Waals surface area contributed by atoms with E-state index in [0.29, 0.717) is 37.6 Å². The highest BCUT2D eigenvalue weighted by molar-refractivity contribution is 6.30.